The second kappa shape index (κ2) is 11.3. The molecule has 7 nitrogen and oxygen atoms in total. The number of nitrogens with one attached hydrogen (secondary N) is 1. The van der Waals surface area contributed by atoms with E-state index in [1.165, 1.54) is 0 Å². The molecule has 2 saturated heterocycles. The molecule has 1 N–H and O–H groups in total. The summed E-state index contributed by atoms with van der Waals surface area (Å²) in [6.45, 7) is 5.33. The Morgan fingerprint density at radius 3 is 2.38 bits per heavy atom. The number of rotatable bonds is 8. The van der Waals surface area contributed by atoms with Crippen LogP contribution in [0, 0.1) is 0 Å². The zero-order valence-electron chi connectivity index (χ0n) is 19.9. The van der Waals surface area contributed by atoms with Crippen molar-refractivity contribution < 1.29 is 14.4 Å². The first-order valence-corrected chi connectivity index (χ1v) is 12.3. The number of carbonyl (C=O) groups excluding carboxylic acids is 3. The van der Waals surface area contributed by atoms with Gasteiger partial charge in [-0.1, -0.05) is 37.3 Å². The van der Waals surface area contributed by atoms with Crippen molar-refractivity contribution in [2.45, 2.75) is 45.1 Å². The lowest BCUT2D eigenvalue weighted by molar-refractivity contribution is -0.118. The normalized spacial score (nSPS) is 16.8. The highest BCUT2D eigenvalue weighted by Crippen LogP contribution is 2.29. The van der Waals surface area contributed by atoms with Gasteiger partial charge in [-0.15, -0.1) is 0 Å². The highest BCUT2D eigenvalue weighted by atomic mass is 16.2. The van der Waals surface area contributed by atoms with Gasteiger partial charge in [0.15, 0.2) is 0 Å². The van der Waals surface area contributed by atoms with Gasteiger partial charge < -0.3 is 15.1 Å². The molecule has 2 aromatic rings. The number of amides is 3. The Labute approximate surface area is 201 Å². The highest BCUT2D eigenvalue weighted by Gasteiger charge is 2.29. The zero-order chi connectivity index (χ0) is 23.9. The Hall–Kier alpha value is -3.19. The van der Waals surface area contributed by atoms with Crippen LogP contribution in [0.3, 0.4) is 0 Å². The van der Waals surface area contributed by atoms with Gasteiger partial charge in [0, 0.05) is 37.7 Å². The van der Waals surface area contributed by atoms with Gasteiger partial charge in [0.1, 0.15) is 0 Å². The third kappa shape index (κ3) is 5.65. The first kappa shape index (κ1) is 24.0. The molecule has 2 fully saturated rings. The molecule has 180 valence electrons. The van der Waals surface area contributed by atoms with Gasteiger partial charge in [-0.3, -0.25) is 19.3 Å². The quantitative estimate of drug-likeness (QED) is 0.648. The van der Waals surface area contributed by atoms with Crippen molar-refractivity contribution in [3.8, 4) is 0 Å². The smallest absolute Gasteiger partial charge is 0.253 e. The van der Waals surface area contributed by atoms with Crippen LogP contribution in [0.4, 0.5) is 11.4 Å². The number of benzene rings is 2. The summed E-state index contributed by atoms with van der Waals surface area (Å²) in [5, 5.41) is 3.05. The first-order chi connectivity index (χ1) is 16.6. The van der Waals surface area contributed by atoms with Crippen LogP contribution in [0.5, 0.6) is 0 Å². The van der Waals surface area contributed by atoms with Gasteiger partial charge in [0.05, 0.1) is 17.9 Å². The van der Waals surface area contributed by atoms with E-state index in [0.29, 0.717) is 38.3 Å². The Morgan fingerprint density at radius 1 is 1.00 bits per heavy atom. The van der Waals surface area contributed by atoms with Crippen molar-refractivity contribution in [1.29, 1.82) is 0 Å². The molecule has 3 amide bonds. The summed E-state index contributed by atoms with van der Waals surface area (Å²) in [5.74, 6) is 0.105. The van der Waals surface area contributed by atoms with Gasteiger partial charge in [-0.25, -0.2) is 0 Å². The summed E-state index contributed by atoms with van der Waals surface area (Å²) in [5.41, 5.74) is 2.18. The van der Waals surface area contributed by atoms with Crippen LogP contribution in [0.25, 0.3) is 0 Å². The maximum Gasteiger partial charge on any atom is 0.253 e. The molecule has 7 heteroatoms. The van der Waals surface area contributed by atoms with Crippen LogP contribution in [0.15, 0.2) is 54.6 Å². The van der Waals surface area contributed by atoms with E-state index < -0.39 is 0 Å². The van der Waals surface area contributed by atoms with Crippen molar-refractivity contribution in [3.05, 3.63) is 60.2 Å². The molecule has 2 aromatic carbocycles. The Morgan fingerprint density at radius 2 is 1.71 bits per heavy atom. The maximum absolute atomic E-state index is 13.0. The minimum absolute atomic E-state index is 0.0738. The number of nitrogens with zero attached hydrogens (tertiary/aromatic N) is 3. The van der Waals surface area contributed by atoms with Crippen LogP contribution >= 0.6 is 0 Å². The van der Waals surface area contributed by atoms with Gasteiger partial charge in [-0.2, -0.15) is 0 Å². The summed E-state index contributed by atoms with van der Waals surface area (Å²) in [7, 11) is 0. The number of piperidine rings is 1. The van der Waals surface area contributed by atoms with E-state index in [2.05, 4.69) is 17.1 Å². The number of para-hydroxylation sites is 2. The molecule has 34 heavy (non-hydrogen) atoms. The van der Waals surface area contributed by atoms with Crippen LogP contribution in [-0.2, 0) is 9.59 Å². The van der Waals surface area contributed by atoms with Gasteiger partial charge in [0.25, 0.3) is 5.91 Å². The molecular formula is C27H34N4O3. The fourth-order valence-corrected chi connectivity index (χ4v) is 4.97. The molecule has 2 aliphatic rings. The summed E-state index contributed by atoms with van der Waals surface area (Å²) >= 11 is 0. The predicted octanol–water partition coefficient (Wildman–Crippen LogP) is 3.77. The van der Waals surface area contributed by atoms with E-state index in [9.17, 15) is 14.4 Å². The Balaban J connectivity index is 1.35. The summed E-state index contributed by atoms with van der Waals surface area (Å²) < 4.78 is 0. The van der Waals surface area contributed by atoms with Crippen LogP contribution in [0.1, 0.15) is 49.4 Å². The number of anilines is 2. The van der Waals surface area contributed by atoms with E-state index in [4.69, 9.17) is 0 Å². The van der Waals surface area contributed by atoms with Crippen LogP contribution < -0.4 is 10.2 Å². The fraction of sp³-hybridized carbons (Fsp3) is 0.444. The van der Waals surface area contributed by atoms with Crippen molar-refractivity contribution in [2.24, 2.45) is 0 Å². The third-order valence-corrected chi connectivity index (χ3v) is 6.69. The average Bonchev–Trinajstić information content (AvgIpc) is 3.30. The van der Waals surface area contributed by atoms with Crippen LogP contribution in [0.2, 0.25) is 0 Å². The van der Waals surface area contributed by atoms with E-state index >= 15 is 0 Å². The van der Waals surface area contributed by atoms with Crippen molar-refractivity contribution in [3.63, 3.8) is 0 Å². The minimum atomic E-state index is -0.0738. The standard InChI is InChI=1S/C27H34N4O3/c1-2-16-30(22-14-18-29(19-15-22)27(34)21-9-4-3-5-10-21)20-25(32)28-23-11-6-7-12-24(23)31-17-8-13-26(31)33/h3-7,9-12,22H,2,8,13-20H2,1H3,(H,28,32). The lowest BCUT2D eigenvalue weighted by atomic mass is 10.0. The first-order valence-electron chi connectivity index (χ1n) is 12.3. The van der Waals surface area contributed by atoms with E-state index in [1.807, 2.05) is 59.5 Å². The molecule has 0 atom stereocenters. The molecule has 0 bridgehead atoms. The molecule has 2 aliphatic heterocycles. The average molecular weight is 463 g/mol. The third-order valence-electron chi connectivity index (χ3n) is 6.69. The second-order valence-corrected chi connectivity index (χ2v) is 9.07. The van der Waals surface area contributed by atoms with Gasteiger partial charge >= 0.3 is 0 Å². The molecule has 0 saturated carbocycles. The monoisotopic (exact) mass is 462 g/mol. The Kier molecular flexibility index (Phi) is 7.95. The lowest BCUT2D eigenvalue weighted by Crippen LogP contribution is -2.49. The van der Waals surface area contributed by atoms with Gasteiger partial charge in [-0.05, 0) is 56.5 Å². The molecule has 0 unspecified atom stereocenters. The maximum atomic E-state index is 13.0. The van der Waals surface area contributed by atoms with Gasteiger partial charge in [0.2, 0.25) is 11.8 Å². The number of hydrogen-bond donors (Lipinski definition) is 1. The lowest BCUT2D eigenvalue weighted by Gasteiger charge is -2.38. The topological polar surface area (TPSA) is 73.0 Å². The summed E-state index contributed by atoms with van der Waals surface area (Å²) in [6.07, 6.45) is 4.06. The molecular weight excluding hydrogens is 428 g/mol. The molecule has 4 rings (SSSR count). The van der Waals surface area contributed by atoms with Crippen LogP contribution in [-0.4, -0.2) is 66.3 Å². The zero-order valence-corrected chi connectivity index (χ0v) is 19.9. The van der Waals surface area contributed by atoms with E-state index in [0.717, 1.165) is 43.5 Å². The van der Waals surface area contributed by atoms with Crippen molar-refractivity contribution in [2.75, 3.05) is 42.9 Å². The molecule has 0 radical (unpaired) electrons. The summed E-state index contributed by atoms with van der Waals surface area (Å²) in [4.78, 5) is 43.9. The molecule has 2 heterocycles. The number of likely N-dealkylation sites (tertiary alicyclic amines) is 1. The Bertz CT molecular complexity index is 1000. The molecule has 0 aromatic heterocycles. The van der Waals surface area contributed by atoms with Crippen molar-refractivity contribution in [1.82, 2.24) is 9.80 Å². The molecule has 0 spiro atoms. The number of carbonyl (C=O) groups is 3. The number of hydrogen-bond acceptors (Lipinski definition) is 4. The molecule has 0 aliphatic carbocycles. The predicted molar refractivity (Wildman–Crippen MR) is 134 cm³/mol. The highest BCUT2D eigenvalue weighted by molar-refractivity contribution is 6.02. The van der Waals surface area contributed by atoms with E-state index in [-0.39, 0.29) is 23.8 Å². The van der Waals surface area contributed by atoms with Crippen molar-refractivity contribution >= 4 is 29.1 Å². The minimum Gasteiger partial charge on any atom is -0.339 e. The summed E-state index contributed by atoms with van der Waals surface area (Å²) in [6, 6.07) is 17.2. The fourth-order valence-electron chi connectivity index (χ4n) is 4.97. The second-order valence-electron chi connectivity index (χ2n) is 9.07. The largest absolute Gasteiger partial charge is 0.339 e. The SMILES string of the molecule is CCCN(CC(=O)Nc1ccccc1N1CCCC1=O)C1CCN(C(=O)c2ccccc2)CC1. The van der Waals surface area contributed by atoms with E-state index in [1.54, 1.807) is 4.90 Å².